The number of halogens is 1. The fourth-order valence-electron chi connectivity index (χ4n) is 2.94. The van der Waals surface area contributed by atoms with Gasteiger partial charge in [-0.15, -0.1) is 0 Å². The van der Waals surface area contributed by atoms with Crippen molar-refractivity contribution < 1.29 is 18.3 Å². The van der Waals surface area contributed by atoms with Gasteiger partial charge in [-0.25, -0.2) is 4.39 Å². The standard InChI is InChI=1S/C24H27FN4O3/c1-17(32-21-10-8-20(25)9-11-21)14-28-24(26-2)29-15-18-5-3-6-19(13-18)23(30)27-16-22-7-4-12-31-22/h3-13,17H,14-16H2,1-2H3,(H,27,30)(H2,26,28,29). The van der Waals surface area contributed by atoms with Crippen LogP contribution in [0.5, 0.6) is 5.75 Å². The van der Waals surface area contributed by atoms with E-state index in [4.69, 9.17) is 9.15 Å². The second-order valence-electron chi connectivity index (χ2n) is 7.15. The van der Waals surface area contributed by atoms with Gasteiger partial charge in [0.05, 0.1) is 19.4 Å². The van der Waals surface area contributed by atoms with Gasteiger partial charge >= 0.3 is 0 Å². The molecule has 1 amide bonds. The number of rotatable bonds is 9. The number of hydrogen-bond acceptors (Lipinski definition) is 4. The number of benzene rings is 2. The molecule has 3 aromatic rings. The van der Waals surface area contributed by atoms with E-state index < -0.39 is 0 Å². The van der Waals surface area contributed by atoms with Gasteiger partial charge in [0.1, 0.15) is 23.4 Å². The molecule has 0 fully saturated rings. The molecule has 1 unspecified atom stereocenters. The van der Waals surface area contributed by atoms with Gasteiger partial charge in [0, 0.05) is 19.2 Å². The number of hydrogen-bond donors (Lipinski definition) is 3. The SMILES string of the molecule is CN=C(NCc1cccc(C(=O)NCc2ccco2)c1)NCC(C)Oc1ccc(F)cc1. The van der Waals surface area contributed by atoms with Crippen molar-refractivity contribution in [2.45, 2.75) is 26.1 Å². The Balaban J connectivity index is 1.45. The Hall–Kier alpha value is -3.81. The van der Waals surface area contributed by atoms with E-state index in [-0.39, 0.29) is 17.8 Å². The Labute approximate surface area is 186 Å². The van der Waals surface area contributed by atoms with Crippen molar-refractivity contribution in [3.8, 4) is 5.75 Å². The molecule has 1 aromatic heterocycles. The second kappa shape index (κ2) is 11.5. The summed E-state index contributed by atoms with van der Waals surface area (Å²) in [7, 11) is 1.68. The summed E-state index contributed by atoms with van der Waals surface area (Å²) in [4.78, 5) is 16.6. The Kier molecular flexibility index (Phi) is 8.25. The minimum atomic E-state index is -0.299. The highest BCUT2D eigenvalue weighted by molar-refractivity contribution is 5.94. The first-order valence-electron chi connectivity index (χ1n) is 10.3. The second-order valence-corrected chi connectivity index (χ2v) is 7.15. The van der Waals surface area contributed by atoms with Crippen LogP contribution in [-0.2, 0) is 13.1 Å². The maximum absolute atomic E-state index is 13.0. The molecule has 0 saturated carbocycles. The third-order valence-corrected chi connectivity index (χ3v) is 4.58. The lowest BCUT2D eigenvalue weighted by atomic mass is 10.1. The highest BCUT2D eigenvalue weighted by atomic mass is 19.1. The molecule has 0 radical (unpaired) electrons. The van der Waals surface area contributed by atoms with Crippen molar-refractivity contribution in [2.75, 3.05) is 13.6 Å². The molecule has 3 N–H and O–H groups in total. The van der Waals surface area contributed by atoms with Crippen LogP contribution in [0.15, 0.2) is 76.3 Å². The molecule has 0 spiro atoms. The number of ether oxygens (including phenoxy) is 1. The third kappa shape index (κ3) is 7.16. The predicted octanol–water partition coefficient (Wildman–Crippen LogP) is 3.48. The number of carbonyl (C=O) groups excluding carboxylic acids is 1. The van der Waals surface area contributed by atoms with Gasteiger partial charge in [0.15, 0.2) is 5.96 Å². The van der Waals surface area contributed by atoms with Crippen LogP contribution in [0, 0.1) is 5.82 Å². The van der Waals surface area contributed by atoms with Crippen LogP contribution in [0.2, 0.25) is 0 Å². The predicted molar refractivity (Wildman–Crippen MR) is 121 cm³/mol. The zero-order chi connectivity index (χ0) is 22.8. The lowest BCUT2D eigenvalue weighted by Crippen LogP contribution is -2.41. The smallest absolute Gasteiger partial charge is 0.251 e. The van der Waals surface area contributed by atoms with Crippen molar-refractivity contribution >= 4 is 11.9 Å². The maximum atomic E-state index is 13.0. The van der Waals surface area contributed by atoms with Crippen LogP contribution >= 0.6 is 0 Å². The molecule has 1 heterocycles. The summed E-state index contributed by atoms with van der Waals surface area (Å²) in [5.41, 5.74) is 1.51. The van der Waals surface area contributed by atoms with E-state index in [1.165, 1.54) is 12.1 Å². The van der Waals surface area contributed by atoms with Crippen LogP contribution in [0.1, 0.15) is 28.6 Å². The first kappa shape index (κ1) is 22.9. The zero-order valence-corrected chi connectivity index (χ0v) is 18.1. The number of nitrogens with zero attached hydrogens (tertiary/aromatic N) is 1. The van der Waals surface area contributed by atoms with Crippen molar-refractivity contribution in [3.05, 3.63) is 89.6 Å². The summed E-state index contributed by atoms with van der Waals surface area (Å²) < 4.78 is 24.0. The topological polar surface area (TPSA) is 87.9 Å². The first-order chi connectivity index (χ1) is 15.5. The molecule has 168 valence electrons. The van der Waals surface area contributed by atoms with Crippen LogP contribution in [0.3, 0.4) is 0 Å². The maximum Gasteiger partial charge on any atom is 0.251 e. The number of furan rings is 1. The molecule has 1 atom stereocenters. The summed E-state index contributed by atoms with van der Waals surface area (Å²) in [6.07, 6.45) is 1.42. The average molecular weight is 439 g/mol. The Morgan fingerprint density at radius 1 is 1.06 bits per heavy atom. The molecule has 0 aliphatic heterocycles. The summed E-state index contributed by atoms with van der Waals surface area (Å²) in [6.45, 7) is 3.25. The van der Waals surface area contributed by atoms with Gasteiger partial charge in [0.25, 0.3) is 5.91 Å². The van der Waals surface area contributed by atoms with E-state index in [0.29, 0.717) is 42.7 Å². The van der Waals surface area contributed by atoms with Crippen molar-refractivity contribution in [3.63, 3.8) is 0 Å². The van der Waals surface area contributed by atoms with Gasteiger partial charge in [-0.1, -0.05) is 12.1 Å². The molecule has 2 aromatic carbocycles. The largest absolute Gasteiger partial charge is 0.489 e. The van der Waals surface area contributed by atoms with E-state index in [2.05, 4.69) is 20.9 Å². The zero-order valence-electron chi connectivity index (χ0n) is 18.1. The quantitative estimate of drug-likeness (QED) is 0.352. The monoisotopic (exact) mass is 438 g/mol. The molecule has 0 aliphatic carbocycles. The molecular weight excluding hydrogens is 411 g/mol. The molecule has 7 nitrogen and oxygen atoms in total. The van der Waals surface area contributed by atoms with Gasteiger partial charge < -0.3 is 25.1 Å². The van der Waals surface area contributed by atoms with Crippen molar-refractivity contribution in [2.24, 2.45) is 4.99 Å². The highest BCUT2D eigenvalue weighted by Gasteiger charge is 2.09. The average Bonchev–Trinajstić information content (AvgIpc) is 3.33. The van der Waals surface area contributed by atoms with E-state index in [1.54, 1.807) is 37.6 Å². The number of aliphatic imine (C=N–C) groups is 1. The van der Waals surface area contributed by atoms with Crippen molar-refractivity contribution in [1.29, 1.82) is 0 Å². The van der Waals surface area contributed by atoms with Crippen molar-refractivity contribution in [1.82, 2.24) is 16.0 Å². The molecule has 0 bridgehead atoms. The van der Waals surface area contributed by atoms with Gasteiger partial charge in [-0.3, -0.25) is 9.79 Å². The van der Waals surface area contributed by atoms with E-state index in [9.17, 15) is 9.18 Å². The minimum Gasteiger partial charge on any atom is -0.489 e. The summed E-state index contributed by atoms with van der Waals surface area (Å²) in [6, 6.07) is 16.9. The summed E-state index contributed by atoms with van der Waals surface area (Å²) in [5, 5.41) is 9.25. The van der Waals surface area contributed by atoms with Crippen LogP contribution in [0.4, 0.5) is 4.39 Å². The Morgan fingerprint density at radius 3 is 2.59 bits per heavy atom. The Bertz CT molecular complexity index is 1020. The highest BCUT2D eigenvalue weighted by Crippen LogP contribution is 2.12. The van der Waals surface area contributed by atoms with Crippen LogP contribution < -0.4 is 20.7 Å². The summed E-state index contributed by atoms with van der Waals surface area (Å²) >= 11 is 0. The van der Waals surface area contributed by atoms with Crippen LogP contribution in [-0.4, -0.2) is 31.6 Å². The fourth-order valence-corrected chi connectivity index (χ4v) is 2.94. The van der Waals surface area contributed by atoms with Gasteiger partial charge in [0.2, 0.25) is 0 Å². The lowest BCUT2D eigenvalue weighted by molar-refractivity contribution is 0.0948. The molecule has 32 heavy (non-hydrogen) atoms. The number of carbonyl (C=O) groups is 1. The molecule has 8 heteroatoms. The first-order valence-corrected chi connectivity index (χ1v) is 10.3. The Morgan fingerprint density at radius 2 is 1.88 bits per heavy atom. The van der Waals surface area contributed by atoms with Gasteiger partial charge in [-0.2, -0.15) is 0 Å². The molecule has 3 rings (SSSR count). The molecule has 0 aliphatic rings. The van der Waals surface area contributed by atoms with Gasteiger partial charge in [-0.05, 0) is 61.0 Å². The lowest BCUT2D eigenvalue weighted by Gasteiger charge is -2.18. The molecular formula is C24H27FN4O3. The molecule has 0 saturated heterocycles. The number of amides is 1. The third-order valence-electron chi connectivity index (χ3n) is 4.58. The van der Waals surface area contributed by atoms with Crippen LogP contribution in [0.25, 0.3) is 0 Å². The normalized spacial score (nSPS) is 12.2. The number of guanidine groups is 1. The van der Waals surface area contributed by atoms with E-state index in [0.717, 1.165) is 5.56 Å². The van der Waals surface area contributed by atoms with E-state index in [1.807, 2.05) is 31.2 Å². The fraction of sp³-hybridized carbons (Fsp3) is 0.250. The number of nitrogens with one attached hydrogen (secondary N) is 3. The minimum absolute atomic E-state index is 0.153. The summed E-state index contributed by atoms with van der Waals surface area (Å²) in [5.74, 6) is 1.44. The van der Waals surface area contributed by atoms with E-state index >= 15 is 0 Å².